The summed E-state index contributed by atoms with van der Waals surface area (Å²) in [6, 6.07) is 11.1. The van der Waals surface area contributed by atoms with Crippen LogP contribution in [0.25, 0.3) is 0 Å². The maximum atomic E-state index is 12.6. The summed E-state index contributed by atoms with van der Waals surface area (Å²) in [6.45, 7) is 5.14. The number of carbonyl (C=O) groups excluding carboxylic acids is 1. The van der Waals surface area contributed by atoms with Gasteiger partial charge in [-0.1, -0.05) is 48.4 Å². The number of carbonyl (C=O) groups is 1. The Morgan fingerprint density at radius 2 is 2.09 bits per heavy atom. The lowest BCUT2D eigenvalue weighted by Crippen LogP contribution is -2.07. The predicted octanol–water partition coefficient (Wildman–Crippen LogP) is 6.56. The van der Waals surface area contributed by atoms with Gasteiger partial charge in [-0.3, -0.25) is 4.79 Å². The van der Waals surface area contributed by atoms with Crippen LogP contribution < -0.4 is 10.1 Å². The number of benzene rings is 2. The largest absolute Gasteiger partial charge is 0.491 e. The molecular formula is C25H30ClN2O3S-. The number of halogens is 1. The highest BCUT2D eigenvalue weighted by Crippen LogP contribution is 2.29. The number of amides is 1. The average molecular weight is 474 g/mol. The molecule has 1 heterocycles. The van der Waals surface area contributed by atoms with Gasteiger partial charge in [-0.15, -0.1) is 0 Å². The van der Waals surface area contributed by atoms with Crippen molar-refractivity contribution in [3.05, 3.63) is 70.3 Å². The minimum absolute atomic E-state index is 0.194. The van der Waals surface area contributed by atoms with E-state index in [1.165, 1.54) is 11.1 Å². The Bertz CT molecular complexity index is 1060. The lowest BCUT2D eigenvalue weighted by Gasteiger charge is -2.15. The van der Waals surface area contributed by atoms with Crippen LogP contribution in [0.2, 0.25) is 5.02 Å². The summed E-state index contributed by atoms with van der Waals surface area (Å²) in [6.07, 6.45) is 7.69. The number of fused-ring (bicyclic) bond motifs is 2. The number of nitrogens with one attached hydrogen (secondary N) is 1. The molecular weight excluding hydrogens is 444 g/mol. The van der Waals surface area contributed by atoms with E-state index in [0.717, 1.165) is 36.4 Å². The zero-order valence-corrected chi connectivity index (χ0v) is 20.2. The van der Waals surface area contributed by atoms with Crippen LogP contribution in [-0.2, 0) is 27.8 Å². The van der Waals surface area contributed by atoms with E-state index in [2.05, 4.69) is 9.68 Å². The summed E-state index contributed by atoms with van der Waals surface area (Å²) in [5.74, 6) is 0.772. The Kier molecular flexibility index (Phi) is 9.18. The van der Waals surface area contributed by atoms with E-state index < -0.39 is 16.5 Å². The third kappa shape index (κ3) is 7.10. The monoisotopic (exact) mass is 473 g/mol. The molecule has 0 spiro atoms. The Morgan fingerprint density at radius 3 is 2.91 bits per heavy atom. The van der Waals surface area contributed by atoms with Gasteiger partial charge in [0.25, 0.3) is 5.91 Å². The van der Waals surface area contributed by atoms with E-state index in [1.54, 1.807) is 18.2 Å². The van der Waals surface area contributed by atoms with Gasteiger partial charge >= 0.3 is 0 Å². The van der Waals surface area contributed by atoms with Crippen LogP contribution in [0.5, 0.6) is 5.75 Å². The number of anilines is 1. The van der Waals surface area contributed by atoms with Crippen LogP contribution in [0.15, 0.2) is 52.9 Å². The fraction of sp³-hybridized carbons (Fsp3) is 0.400. The van der Waals surface area contributed by atoms with Crippen LogP contribution >= 0.6 is 11.6 Å². The highest BCUT2D eigenvalue weighted by molar-refractivity contribution is 7.75. The molecule has 1 amide bonds. The van der Waals surface area contributed by atoms with Gasteiger partial charge in [0.15, 0.2) is 0 Å². The van der Waals surface area contributed by atoms with E-state index in [4.69, 9.17) is 16.3 Å². The minimum Gasteiger partial charge on any atom is -0.491 e. The SMILES string of the molecule is C/C=C\C[C@H](C)C[S-](=O)=NC(=O)c1ccc2c(c1)NCc1ccc(Cl)cc1CCCCO2. The number of nitrogens with zero attached hydrogens (tertiary/aromatic N) is 1. The van der Waals surface area contributed by atoms with Crippen molar-refractivity contribution in [2.24, 2.45) is 10.3 Å². The number of ether oxygens (including phenoxy) is 1. The first-order valence-corrected chi connectivity index (χ1v) is 12.7. The summed E-state index contributed by atoms with van der Waals surface area (Å²) in [5, 5.41) is 4.13. The lowest BCUT2D eigenvalue weighted by molar-refractivity contribution is 0.100. The summed E-state index contributed by atoms with van der Waals surface area (Å²) < 4.78 is 22.2. The molecule has 0 radical (unpaired) electrons. The molecule has 5 nitrogen and oxygen atoms in total. The predicted molar refractivity (Wildman–Crippen MR) is 132 cm³/mol. The van der Waals surface area contributed by atoms with Crippen molar-refractivity contribution in [1.29, 1.82) is 0 Å². The van der Waals surface area contributed by atoms with Gasteiger partial charge in [0, 0.05) is 17.1 Å². The summed E-state index contributed by atoms with van der Waals surface area (Å²) in [5.41, 5.74) is 3.50. The topological polar surface area (TPSA) is 67.8 Å². The second-order valence-corrected chi connectivity index (χ2v) is 9.67. The Balaban J connectivity index is 1.79. The van der Waals surface area contributed by atoms with Crippen molar-refractivity contribution in [1.82, 2.24) is 0 Å². The zero-order chi connectivity index (χ0) is 22.9. The zero-order valence-electron chi connectivity index (χ0n) is 18.6. The van der Waals surface area contributed by atoms with Gasteiger partial charge in [-0.2, -0.15) is 10.6 Å². The fourth-order valence-electron chi connectivity index (χ4n) is 3.58. The van der Waals surface area contributed by atoms with Crippen LogP contribution in [0, 0.1) is 5.92 Å². The molecule has 32 heavy (non-hydrogen) atoms. The molecule has 0 aliphatic carbocycles. The molecule has 1 aliphatic rings. The molecule has 1 aliphatic heterocycles. The number of hydrogen-bond acceptors (Lipinski definition) is 5. The average Bonchev–Trinajstić information content (AvgIpc) is 2.80. The maximum absolute atomic E-state index is 12.6. The van der Waals surface area contributed by atoms with Crippen LogP contribution in [0.4, 0.5) is 5.69 Å². The van der Waals surface area contributed by atoms with Gasteiger partial charge < -0.3 is 18.6 Å². The molecule has 0 saturated heterocycles. The molecule has 0 bridgehead atoms. The standard InChI is InChI=1S/C25H30ClN2O3S/c1-3-4-7-18(2)17-32(30)28-25(29)20-10-12-24-23(15-20)27-16-21-9-11-22(26)14-19(21)8-5-6-13-31-24/h3-4,9-12,14-15,18,27H,5-8,13,16-17H2,1-2H3/q-1/b4-3-/t18-/m0/s1. The van der Waals surface area contributed by atoms with Gasteiger partial charge in [0.1, 0.15) is 5.75 Å². The molecule has 0 aromatic heterocycles. The first kappa shape index (κ1) is 24.3. The van der Waals surface area contributed by atoms with Gasteiger partial charge in [0.05, 0.1) is 12.3 Å². The molecule has 7 heteroatoms. The van der Waals surface area contributed by atoms with Gasteiger partial charge in [-0.25, -0.2) is 0 Å². The molecule has 2 aromatic rings. The van der Waals surface area contributed by atoms with Crippen molar-refractivity contribution in [3.63, 3.8) is 0 Å². The summed E-state index contributed by atoms with van der Waals surface area (Å²) >= 11 is 6.19. The second-order valence-electron chi connectivity index (χ2n) is 8.08. The minimum atomic E-state index is -1.55. The first-order chi connectivity index (χ1) is 15.5. The van der Waals surface area contributed by atoms with Crippen LogP contribution in [-0.4, -0.2) is 18.3 Å². The molecule has 0 fully saturated rings. The normalized spacial score (nSPS) is 16.2. The Morgan fingerprint density at radius 1 is 1.25 bits per heavy atom. The third-order valence-corrected chi connectivity index (χ3v) is 6.81. The molecule has 0 saturated carbocycles. The number of allylic oxidation sites excluding steroid dienone is 2. The highest BCUT2D eigenvalue weighted by atomic mass is 35.5. The summed E-state index contributed by atoms with van der Waals surface area (Å²) in [7, 11) is -1.55. The lowest BCUT2D eigenvalue weighted by atomic mass is 10.0. The van der Waals surface area contributed by atoms with Crippen LogP contribution in [0.3, 0.4) is 0 Å². The molecule has 1 N–H and O–H groups in total. The quantitative estimate of drug-likeness (QED) is 0.394. The molecule has 3 rings (SSSR count). The molecule has 172 valence electrons. The number of hydrogen-bond donors (Lipinski definition) is 1. The van der Waals surface area contributed by atoms with Gasteiger partial charge in [0.2, 0.25) is 0 Å². The van der Waals surface area contributed by atoms with Crippen molar-refractivity contribution in [2.75, 3.05) is 17.7 Å². The molecule has 1 atom stereocenters. The Labute approximate surface area is 197 Å². The van der Waals surface area contributed by atoms with E-state index in [0.29, 0.717) is 30.2 Å². The van der Waals surface area contributed by atoms with Gasteiger partial charge in [-0.05, 0) is 74.1 Å². The maximum Gasteiger partial charge on any atom is 0.254 e. The second kappa shape index (κ2) is 12.1. The summed E-state index contributed by atoms with van der Waals surface area (Å²) in [4.78, 5) is 12.6. The third-order valence-electron chi connectivity index (χ3n) is 5.35. The Hall–Kier alpha value is -2.31. The number of aryl methyl sites for hydroxylation is 1. The van der Waals surface area contributed by atoms with Crippen molar-refractivity contribution in [2.45, 2.75) is 46.1 Å². The number of rotatable bonds is 5. The van der Waals surface area contributed by atoms with E-state index in [-0.39, 0.29) is 5.92 Å². The molecule has 2 aromatic carbocycles. The van der Waals surface area contributed by atoms with E-state index in [1.807, 2.05) is 44.2 Å². The van der Waals surface area contributed by atoms with Crippen LogP contribution in [0.1, 0.15) is 54.6 Å². The van der Waals surface area contributed by atoms with Crippen molar-refractivity contribution >= 4 is 33.8 Å². The van der Waals surface area contributed by atoms with E-state index >= 15 is 0 Å². The fourth-order valence-corrected chi connectivity index (χ4v) is 4.76. The van der Waals surface area contributed by atoms with Crippen molar-refractivity contribution < 1.29 is 13.7 Å². The van der Waals surface area contributed by atoms with Crippen molar-refractivity contribution in [3.8, 4) is 5.75 Å². The smallest absolute Gasteiger partial charge is 0.254 e. The first-order valence-electron chi connectivity index (χ1n) is 11.0. The van der Waals surface area contributed by atoms with E-state index in [9.17, 15) is 9.00 Å². The molecule has 0 unspecified atom stereocenters. The highest BCUT2D eigenvalue weighted by Gasteiger charge is 2.12.